The van der Waals surface area contributed by atoms with Crippen LogP contribution in [0.5, 0.6) is 0 Å². The fraction of sp³-hybridized carbons (Fsp3) is 0.647. The van der Waals surface area contributed by atoms with E-state index >= 15 is 0 Å². The van der Waals surface area contributed by atoms with E-state index in [2.05, 4.69) is 24.4 Å². The van der Waals surface area contributed by atoms with Gasteiger partial charge in [-0.15, -0.1) is 0 Å². The molecule has 21 heavy (non-hydrogen) atoms. The van der Waals surface area contributed by atoms with Crippen LogP contribution in [0.3, 0.4) is 0 Å². The monoisotopic (exact) mass is 297 g/mol. The van der Waals surface area contributed by atoms with Gasteiger partial charge in [0.25, 0.3) is 6.43 Å². The molecule has 3 unspecified atom stereocenters. The Balaban J connectivity index is 1.98. The third kappa shape index (κ3) is 5.04. The summed E-state index contributed by atoms with van der Waals surface area (Å²) in [5.74, 6) is 0.411. The second-order valence-corrected chi connectivity index (χ2v) is 5.74. The highest BCUT2D eigenvalue weighted by Crippen LogP contribution is 2.34. The average molecular weight is 297 g/mol. The summed E-state index contributed by atoms with van der Waals surface area (Å²) < 4.78 is 30.4. The molecule has 0 amide bonds. The van der Waals surface area contributed by atoms with Crippen molar-refractivity contribution in [2.24, 2.45) is 0 Å². The highest BCUT2D eigenvalue weighted by molar-refractivity contribution is 5.20. The van der Waals surface area contributed by atoms with E-state index in [9.17, 15) is 8.78 Å². The number of rotatable bonds is 7. The quantitative estimate of drug-likeness (QED) is 0.822. The maximum Gasteiger partial charge on any atom is 0.261 e. The van der Waals surface area contributed by atoms with Crippen LogP contribution in [0.4, 0.5) is 8.78 Å². The molecule has 0 heterocycles. The standard InChI is InChI=1S/C17H25F2NO/c1-2-10-20-15-9-8-14(13-6-4-3-5-7-13)11-16(15)21-12-17(18)19/h3-7,14-17,20H,2,8-12H2,1H3. The SMILES string of the molecule is CCCNC1CCC(c2ccccc2)CC1OCC(F)F. The van der Waals surface area contributed by atoms with Crippen LogP contribution < -0.4 is 5.32 Å². The smallest absolute Gasteiger partial charge is 0.261 e. The highest BCUT2D eigenvalue weighted by atomic mass is 19.3. The number of halogens is 2. The van der Waals surface area contributed by atoms with E-state index in [0.29, 0.717) is 5.92 Å². The van der Waals surface area contributed by atoms with Gasteiger partial charge in [-0.25, -0.2) is 8.78 Å². The molecule has 0 bridgehead atoms. The summed E-state index contributed by atoms with van der Waals surface area (Å²) in [7, 11) is 0. The Bertz CT molecular complexity index is 399. The molecule has 1 aliphatic carbocycles. The Hall–Kier alpha value is -1.00. The maximum absolute atomic E-state index is 12.4. The molecule has 1 aromatic carbocycles. The van der Waals surface area contributed by atoms with Gasteiger partial charge in [-0.05, 0) is 43.7 Å². The first kappa shape index (κ1) is 16.4. The maximum atomic E-state index is 12.4. The molecule has 2 rings (SSSR count). The molecule has 1 saturated carbocycles. The van der Waals surface area contributed by atoms with Crippen molar-refractivity contribution in [2.45, 2.75) is 57.1 Å². The fourth-order valence-electron chi connectivity index (χ4n) is 3.10. The lowest BCUT2D eigenvalue weighted by Crippen LogP contribution is -2.46. The Kier molecular flexibility index (Phi) is 6.58. The molecule has 4 heteroatoms. The van der Waals surface area contributed by atoms with Crippen LogP contribution in [0.15, 0.2) is 30.3 Å². The van der Waals surface area contributed by atoms with Crippen molar-refractivity contribution in [1.29, 1.82) is 0 Å². The number of benzene rings is 1. The fourth-order valence-corrected chi connectivity index (χ4v) is 3.10. The zero-order valence-electron chi connectivity index (χ0n) is 12.6. The van der Waals surface area contributed by atoms with Crippen LogP contribution in [-0.4, -0.2) is 31.7 Å². The second kappa shape index (κ2) is 8.44. The van der Waals surface area contributed by atoms with Crippen molar-refractivity contribution in [1.82, 2.24) is 5.32 Å². The minimum atomic E-state index is -2.39. The average Bonchev–Trinajstić information content (AvgIpc) is 2.52. The van der Waals surface area contributed by atoms with Crippen molar-refractivity contribution in [2.75, 3.05) is 13.2 Å². The number of nitrogens with one attached hydrogen (secondary N) is 1. The van der Waals surface area contributed by atoms with Crippen molar-refractivity contribution >= 4 is 0 Å². The summed E-state index contributed by atoms with van der Waals surface area (Å²) in [5, 5.41) is 3.45. The second-order valence-electron chi connectivity index (χ2n) is 5.74. The summed E-state index contributed by atoms with van der Waals surface area (Å²) in [6.45, 7) is 2.56. The van der Waals surface area contributed by atoms with Gasteiger partial charge in [0.05, 0.1) is 6.10 Å². The van der Waals surface area contributed by atoms with E-state index in [4.69, 9.17) is 4.74 Å². The van der Waals surface area contributed by atoms with E-state index in [1.54, 1.807) is 0 Å². The molecule has 1 aliphatic rings. The molecular formula is C17H25F2NO. The summed E-state index contributed by atoms with van der Waals surface area (Å²) in [6.07, 6.45) is 1.41. The van der Waals surface area contributed by atoms with Crippen molar-refractivity contribution in [3.05, 3.63) is 35.9 Å². The van der Waals surface area contributed by atoms with Gasteiger partial charge >= 0.3 is 0 Å². The first-order valence-corrected chi connectivity index (χ1v) is 7.88. The Morgan fingerprint density at radius 3 is 2.67 bits per heavy atom. The summed E-state index contributed by atoms with van der Waals surface area (Å²) in [5.41, 5.74) is 1.29. The van der Waals surface area contributed by atoms with Gasteiger partial charge in [0.15, 0.2) is 0 Å². The van der Waals surface area contributed by atoms with E-state index in [1.165, 1.54) is 5.56 Å². The summed E-state index contributed by atoms with van der Waals surface area (Å²) >= 11 is 0. The Morgan fingerprint density at radius 2 is 2.00 bits per heavy atom. The van der Waals surface area contributed by atoms with Crippen molar-refractivity contribution < 1.29 is 13.5 Å². The van der Waals surface area contributed by atoms with E-state index in [-0.39, 0.29) is 12.1 Å². The Labute approximate surface area is 125 Å². The molecular weight excluding hydrogens is 272 g/mol. The third-order valence-electron chi connectivity index (χ3n) is 4.16. The zero-order chi connectivity index (χ0) is 15.1. The van der Waals surface area contributed by atoms with Crippen LogP contribution >= 0.6 is 0 Å². The summed E-state index contributed by atoms with van der Waals surface area (Å²) in [6, 6.07) is 10.5. The summed E-state index contributed by atoms with van der Waals surface area (Å²) in [4.78, 5) is 0. The molecule has 2 nitrogen and oxygen atoms in total. The molecule has 0 aliphatic heterocycles. The predicted octanol–water partition coefficient (Wildman–Crippen LogP) is 3.97. The minimum absolute atomic E-state index is 0.121. The van der Waals surface area contributed by atoms with Crippen molar-refractivity contribution in [3.8, 4) is 0 Å². The molecule has 0 spiro atoms. The number of alkyl halides is 2. The molecule has 0 saturated heterocycles. The molecule has 3 atom stereocenters. The number of ether oxygens (including phenoxy) is 1. The van der Waals surface area contributed by atoms with Crippen LogP contribution in [0.2, 0.25) is 0 Å². The largest absolute Gasteiger partial charge is 0.371 e. The zero-order valence-corrected chi connectivity index (χ0v) is 12.6. The topological polar surface area (TPSA) is 21.3 Å². The molecule has 0 radical (unpaired) electrons. The van der Waals surface area contributed by atoms with Gasteiger partial charge in [0.2, 0.25) is 0 Å². The molecule has 1 fully saturated rings. The predicted molar refractivity (Wildman–Crippen MR) is 80.9 cm³/mol. The highest BCUT2D eigenvalue weighted by Gasteiger charge is 2.32. The molecule has 0 aromatic heterocycles. The lowest BCUT2D eigenvalue weighted by molar-refractivity contribution is -0.0527. The van der Waals surface area contributed by atoms with Gasteiger partial charge in [-0.2, -0.15) is 0 Å². The van der Waals surface area contributed by atoms with E-state index < -0.39 is 13.0 Å². The van der Waals surface area contributed by atoms with Crippen molar-refractivity contribution in [3.63, 3.8) is 0 Å². The normalized spacial score (nSPS) is 26.2. The van der Waals surface area contributed by atoms with Gasteiger partial charge in [0.1, 0.15) is 6.61 Å². The van der Waals surface area contributed by atoms with Gasteiger partial charge in [0, 0.05) is 6.04 Å². The van der Waals surface area contributed by atoms with Gasteiger partial charge in [-0.1, -0.05) is 37.3 Å². The van der Waals surface area contributed by atoms with Gasteiger partial charge in [-0.3, -0.25) is 0 Å². The first-order valence-electron chi connectivity index (χ1n) is 7.88. The number of hydrogen-bond acceptors (Lipinski definition) is 2. The minimum Gasteiger partial charge on any atom is -0.371 e. The lowest BCUT2D eigenvalue weighted by Gasteiger charge is -2.37. The van der Waals surface area contributed by atoms with Gasteiger partial charge < -0.3 is 10.1 Å². The third-order valence-corrected chi connectivity index (χ3v) is 4.16. The molecule has 118 valence electrons. The number of hydrogen-bond donors (Lipinski definition) is 1. The first-order chi connectivity index (χ1) is 10.2. The van der Waals surface area contributed by atoms with Crippen LogP contribution in [0, 0.1) is 0 Å². The van der Waals surface area contributed by atoms with E-state index in [1.807, 2.05) is 18.2 Å². The Morgan fingerprint density at radius 1 is 1.24 bits per heavy atom. The molecule has 1 N–H and O–H groups in total. The van der Waals surface area contributed by atoms with Crippen LogP contribution in [0.25, 0.3) is 0 Å². The van der Waals surface area contributed by atoms with Crippen LogP contribution in [-0.2, 0) is 4.74 Å². The lowest BCUT2D eigenvalue weighted by atomic mass is 9.80. The molecule has 1 aromatic rings. The van der Waals surface area contributed by atoms with E-state index in [0.717, 1.165) is 32.2 Å². The van der Waals surface area contributed by atoms with Crippen LogP contribution in [0.1, 0.15) is 44.1 Å².